The second-order valence-corrected chi connectivity index (χ2v) is 5.24. The maximum atomic E-state index is 11.8. The normalized spacial score (nSPS) is 32.6. The van der Waals surface area contributed by atoms with Gasteiger partial charge >= 0.3 is 5.97 Å². The molecule has 15 heavy (non-hydrogen) atoms. The number of allylic oxidation sites excluding steroid dienone is 2. The molecule has 0 aromatic rings. The first-order valence-corrected chi connectivity index (χ1v) is 6.01. The molecule has 0 N–H and O–H groups in total. The average Bonchev–Trinajstić information content (AvgIpc) is 2.77. The van der Waals surface area contributed by atoms with E-state index in [0.717, 1.165) is 12.8 Å². The van der Waals surface area contributed by atoms with Crippen LogP contribution in [0, 0.1) is 23.7 Å². The zero-order valence-corrected chi connectivity index (χ0v) is 9.61. The van der Waals surface area contributed by atoms with Crippen LogP contribution < -0.4 is 0 Å². The maximum absolute atomic E-state index is 11.8. The van der Waals surface area contributed by atoms with Crippen molar-refractivity contribution in [2.24, 2.45) is 23.7 Å². The Kier molecular flexibility index (Phi) is 3.13. The summed E-state index contributed by atoms with van der Waals surface area (Å²) >= 11 is 0. The first-order valence-electron chi connectivity index (χ1n) is 6.01. The molecule has 3 atom stereocenters. The van der Waals surface area contributed by atoms with Gasteiger partial charge in [-0.05, 0) is 37.0 Å². The van der Waals surface area contributed by atoms with Crippen LogP contribution in [0.5, 0.6) is 0 Å². The minimum absolute atomic E-state index is 0.0347. The van der Waals surface area contributed by atoms with Crippen molar-refractivity contribution in [3.8, 4) is 0 Å². The molecule has 2 aliphatic rings. The van der Waals surface area contributed by atoms with Gasteiger partial charge in [0.25, 0.3) is 0 Å². The molecule has 2 aliphatic carbocycles. The smallest absolute Gasteiger partial charge is 0.309 e. The van der Waals surface area contributed by atoms with Crippen LogP contribution in [0.4, 0.5) is 0 Å². The van der Waals surface area contributed by atoms with E-state index in [1.54, 1.807) is 0 Å². The summed E-state index contributed by atoms with van der Waals surface area (Å²) in [6, 6.07) is 0. The summed E-state index contributed by atoms with van der Waals surface area (Å²) in [5.41, 5.74) is 0. The van der Waals surface area contributed by atoms with Gasteiger partial charge in [0.05, 0.1) is 12.5 Å². The summed E-state index contributed by atoms with van der Waals surface area (Å²) < 4.78 is 5.32. The third kappa shape index (κ3) is 2.42. The molecule has 1 fully saturated rings. The van der Waals surface area contributed by atoms with E-state index in [0.29, 0.717) is 24.4 Å². The van der Waals surface area contributed by atoms with E-state index in [-0.39, 0.29) is 11.9 Å². The third-order valence-electron chi connectivity index (χ3n) is 3.52. The second kappa shape index (κ2) is 4.38. The largest absolute Gasteiger partial charge is 0.465 e. The topological polar surface area (TPSA) is 26.3 Å². The Morgan fingerprint density at radius 2 is 2.20 bits per heavy atom. The molecule has 2 heteroatoms. The Hall–Kier alpha value is -0.790. The van der Waals surface area contributed by atoms with Crippen LogP contribution in [0.25, 0.3) is 0 Å². The maximum Gasteiger partial charge on any atom is 0.309 e. The highest BCUT2D eigenvalue weighted by Gasteiger charge is 2.40. The molecule has 2 bridgehead atoms. The lowest BCUT2D eigenvalue weighted by Gasteiger charge is -2.16. The number of esters is 1. The lowest BCUT2D eigenvalue weighted by Crippen LogP contribution is -2.22. The van der Waals surface area contributed by atoms with Crippen molar-refractivity contribution < 1.29 is 9.53 Å². The number of carbonyl (C=O) groups excluding carboxylic acids is 1. The highest BCUT2D eigenvalue weighted by Crippen LogP contribution is 2.43. The van der Waals surface area contributed by atoms with Crippen molar-refractivity contribution in [1.82, 2.24) is 0 Å². The van der Waals surface area contributed by atoms with E-state index in [1.165, 1.54) is 6.42 Å². The Labute approximate surface area is 91.7 Å². The molecule has 0 unspecified atom stereocenters. The summed E-state index contributed by atoms with van der Waals surface area (Å²) in [5.74, 6) is 1.93. The predicted molar refractivity (Wildman–Crippen MR) is 59.3 cm³/mol. The molecule has 0 radical (unpaired) electrons. The highest BCUT2D eigenvalue weighted by atomic mass is 16.5. The molecule has 1 saturated carbocycles. The number of fused-ring (bicyclic) bond motifs is 2. The van der Waals surface area contributed by atoms with Crippen LogP contribution in [-0.4, -0.2) is 12.6 Å². The molecule has 0 saturated heterocycles. The summed E-state index contributed by atoms with van der Waals surface area (Å²) in [5, 5.41) is 0. The molecule has 0 amide bonds. The molecular formula is C13H20O2. The average molecular weight is 208 g/mol. The minimum Gasteiger partial charge on any atom is -0.465 e. The number of hydrogen-bond donors (Lipinski definition) is 0. The lowest BCUT2D eigenvalue weighted by atomic mass is 9.94. The number of hydrogen-bond acceptors (Lipinski definition) is 2. The van der Waals surface area contributed by atoms with Crippen molar-refractivity contribution in [3.05, 3.63) is 12.2 Å². The van der Waals surface area contributed by atoms with Crippen molar-refractivity contribution in [2.75, 3.05) is 6.61 Å². The zero-order chi connectivity index (χ0) is 10.8. The zero-order valence-electron chi connectivity index (χ0n) is 9.61. The van der Waals surface area contributed by atoms with Crippen molar-refractivity contribution in [3.63, 3.8) is 0 Å². The van der Waals surface area contributed by atoms with E-state index in [4.69, 9.17) is 4.74 Å². The standard InChI is InChI=1S/C13H20O2/c1-9(2)5-6-15-13(14)12-8-10-3-4-11(12)7-10/h3-4,9-12H,5-8H2,1-2H3/t10-,11+,12+/m1/s1. The van der Waals surface area contributed by atoms with Crippen LogP contribution >= 0.6 is 0 Å². The summed E-state index contributed by atoms with van der Waals surface area (Å²) in [6.45, 7) is 4.89. The van der Waals surface area contributed by atoms with Crippen LogP contribution in [0.15, 0.2) is 12.2 Å². The molecule has 2 rings (SSSR count). The summed E-state index contributed by atoms with van der Waals surface area (Å²) in [4.78, 5) is 11.8. The van der Waals surface area contributed by atoms with E-state index < -0.39 is 0 Å². The van der Waals surface area contributed by atoms with E-state index in [2.05, 4.69) is 26.0 Å². The van der Waals surface area contributed by atoms with Gasteiger partial charge in [0.2, 0.25) is 0 Å². The SMILES string of the molecule is CC(C)CCOC(=O)[C@H]1C[C@@H]2C=C[C@H]1C2. The second-order valence-electron chi connectivity index (χ2n) is 5.24. The van der Waals surface area contributed by atoms with Crippen molar-refractivity contribution >= 4 is 5.97 Å². The van der Waals surface area contributed by atoms with Gasteiger partial charge in [0.1, 0.15) is 0 Å². The third-order valence-corrected chi connectivity index (χ3v) is 3.52. The molecule has 0 spiro atoms. The van der Waals surface area contributed by atoms with Gasteiger partial charge in [0.15, 0.2) is 0 Å². The Morgan fingerprint density at radius 3 is 2.73 bits per heavy atom. The molecule has 0 heterocycles. The Morgan fingerprint density at radius 1 is 1.40 bits per heavy atom. The van der Waals surface area contributed by atoms with Crippen molar-refractivity contribution in [1.29, 1.82) is 0 Å². The minimum atomic E-state index is 0.0347. The quantitative estimate of drug-likeness (QED) is 0.524. The van der Waals surface area contributed by atoms with Gasteiger partial charge < -0.3 is 4.74 Å². The van der Waals surface area contributed by atoms with Crippen LogP contribution in [-0.2, 0) is 9.53 Å². The summed E-state index contributed by atoms with van der Waals surface area (Å²) in [6.07, 6.45) is 7.61. The molecule has 0 aromatic heterocycles. The summed E-state index contributed by atoms with van der Waals surface area (Å²) in [7, 11) is 0. The fourth-order valence-electron chi connectivity index (χ4n) is 2.55. The van der Waals surface area contributed by atoms with Crippen LogP contribution in [0.1, 0.15) is 33.1 Å². The van der Waals surface area contributed by atoms with Gasteiger partial charge in [0, 0.05) is 0 Å². The van der Waals surface area contributed by atoms with Gasteiger partial charge in [-0.25, -0.2) is 0 Å². The molecule has 0 aliphatic heterocycles. The monoisotopic (exact) mass is 208 g/mol. The van der Waals surface area contributed by atoms with E-state index in [9.17, 15) is 4.79 Å². The van der Waals surface area contributed by atoms with Crippen molar-refractivity contribution in [2.45, 2.75) is 33.1 Å². The molecule has 0 aromatic carbocycles. The van der Waals surface area contributed by atoms with Gasteiger partial charge in [-0.2, -0.15) is 0 Å². The van der Waals surface area contributed by atoms with E-state index in [1.807, 2.05) is 0 Å². The number of carbonyl (C=O) groups is 1. The first-order chi connectivity index (χ1) is 7.16. The van der Waals surface area contributed by atoms with Crippen LogP contribution in [0.2, 0.25) is 0 Å². The van der Waals surface area contributed by atoms with Gasteiger partial charge in [-0.1, -0.05) is 26.0 Å². The molecule has 84 valence electrons. The molecule has 2 nitrogen and oxygen atoms in total. The predicted octanol–water partition coefficient (Wildman–Crippen LogP) is 2.79. The van der Waals surface area contributed by atoms with Gasteiger partial charge in [-0.3, -0.25) is 4.79 Å². The first kappa shape index (κ1) is 10.7. The van der Waals surface area contributed by atoms with Crippen LogP contribution in [0.3, 0.4) is 0 Å². The Bertz CT molecular complexity index is 268. The fourth-order valence-corrected chi connectivity index (χ4v) is 2.55. The fraction of sp³-hybridized carbons (Fsp3) is 0.769. The lowest BCUT2D eigenvalue weighted by molar-refractivity contribution is -0.149. The number of ether oxygens (including phenoxy) is 1. The Balaban J connectivity index is 1.75. The number of rotatable bonds is 4. The van der Waals surface area contributed by atoms with Gasteiger partial charge in [-0.15, -0.1) is 0 Å². The molecular weight excluding hydrogens is 188 g/mol. The van der Waals surface area contributed by atoms with E-state index >= 15 is 0 Å². The highest BCUT2D eigenvalue weighted by molar-refractivity contribution is 5.74.